The number of carboxylic acids is 1. The van der Waals surface area contributed by atoms with Gasteiger partial charge in [0.15, 0.2) is 0 Å². The first kappa shape index (κ1) is 15.8. The van der Waals surface area contributed by atoms with Gasteiger partial charge in [-0.05, 0) is 48.2 Å². The van der Waals surface area contributed by atoms with Gasteiger partial charge in [0.05, 0.1) is 17.0 Å². The van der Waals surface area contributed by atoms with Crippen LogP contribution < -0.4 is 5.43 Å². The molecule has 0 heterocycles. The number of nitrogens with zero attached hydrogens (tertiary/aromatic N) is 1. The molecule has 4 heteroatoms. The SMILES string of the molecule is C/C(=N\Nc1ccc(C(=O)O)cc1)c1ccc(C(C)C)cc1. The van der Waals surface area contributed by atoms with E-state index in [2.05, 4.69) is 48.6 Å². The van der Waals surface area contributed by atoms with Gasteiger partial charge in [-0.1, -0.05) is 38.1 Å². The zero-order chi connectivity index (χ0) is 16.1. The maximum atomic E-state index is 10.8. The number of carboxylic acid groups (broad SMARTS) is 1. The molecule has 4 nitrogen and oxygen atoms in total. The van der Waals surface area contributed by atoms with E-state index >= 15 is 0 Å². The summed E-state index contributed by atoms with van der Waals surface area (Å²) in [6.07, 6.45) is 0. The number of anilines is 1. The molecule has 2 rings (SSSR count). The molecule has 114 valence electrons. The Morgan fingerprint density at radius 2 is 1.55 bits per heavy atom. The van der Waals surface area contributed by atoms with Gasteiger partial charge in [-0.15, -0.1) is 0 Å². The highest BCUT2D eigenvalue weighted by atomic mass is 16.4. The Labute approximate surface area is 130 Å². The lowest BCUT2D eigenvalue weighted by molar-refractivity contribution is 0.0697. The van der Waals surface area contributed by atoms with Gasteiger partial charge < -0.3 is 5.11 Å². The fraction of sp³-hybridized carbons (Fsp3) is 0.222. The Morgan fingerprint density at radius 3 is 2.05 bits per heavy atom. The first-order chi connectivity index (χ1) is 10.5. The van der Waals surface area contributed by atoms with Gasteiger partial charge in [0, 0.05) is 0 Å². The molecule has 0 aliphatic rings. The van der Waals surface area contributed by atoms with Crippen molar-refractivity contribution in [2.75, 3.05) is 5.43 Å². The Bertz CT molecular complexity index is 671. The van der Waals surface area contributed by atoms with E-state index in [-0.39, 0.29) is 5.56 Å². The van der Waals surface area contributed by atoms with Gasteiger partial charge in [0.25, 0.3) is 0 Å². The van der Waals surface area contributed by atoms with Crippen LogP contribution in [0, 0.1) is 0 Å². The van der Waals surface area contributed by atoms with E-state index in [0.717, 1.165) is 17.0 Å². The van der Waals surface area contributed by atoms with E-state index in [4.69, 9.17) is 5.11 Å². The Balaban J connectivity index is 2.07. The average Bonchev–Trinajstić information content (AvgIpc) is 2.53. The smallest absolute Gasteiger partial charge is 0.335 e. The summed E-state index contributed by atoms with van der Waals surface area (Å²) in [5, 5.41) is 13.2. The summed E-state index contributed by atoms with van der Waals surface area (Å²) in [7, 11) is 0. The number of hydrogen-bond donors (Lipinski definition) is 2. The number of hydrogen-bond acceptors (Lipinski definition) is 3. The van der Waals surface area contributed by atoms with Crippen molar-refractivity contribution in [2.45, 2.75) is 26.7 Å². The lowest BCUT2D eigenvalue weighted by Gasteiger charge is -2.07. The summed E-state index contributed by atoms with van der Waals surface area (Å²) in [5.74, 6) is -0.423. The third-order valence-electron chi connectivity index (χ3n) is 3.48. The predicted octanol–water partition coefficient (Wildman–Crippen LogP) is 4.34. The molecule has 2 N–H and O–H groups in total. The summed E-state index contributed by atoms with van der Waals surface area (Å²) in [6.45, 7) is 6.26. The van der Waals surface area contributed by atoms with Crippen molar-refractivity contribution in [3.8, 4) is 0 Å². The van der Waals surface area contributed by atoms with Crippen LogP contribution in [0.5, 0.6) is 0 Å². The maximum Gasteiger partial charge on any atom is 0.335 e. The minimum atomic E-state index is -0.934. The first-order valence-electron chi connectivity index (χ1n) is 7.21. The topological polar surface area (TPSA) is 61.7 Å². The molecule has 0 amide bonds. The molecule has 22 heavy (non-hydrogen) atoms. The van der Waals surface area contributed by atoms with Crippen molar-refractivity contribution in [2.24, 2.45) is 5.10 Å². The highest BCUT2D eigenvalue weighted by Gasteiger charge is 2.03. The van der Waals surface area contributed by atoms with Crippen LogP contribution in [0.1, 0.15) is 48.2 Å². The van der Waals surface area contributed by atoms with Gasteiger partial charge >= 0.3 is 5.97 Å². The zero-order valence-electron chi connectivity index (χ0n) is 13.0. The lowest BCUT2D eigenvalue weighted by atomic mass is 10.0. The molecule has 0 radical (unpaired) electrons. The molecular formula is C18H20N2O2. The van der Waals surface area contributed by atoms with Gasteiger partial charge in [-0.2, -0.15) is 5.10 Å². The van der Waals surface area contributed by atoms with Crippen molar-refractivity contribution < 1.29 is 9.90 Å². The molecular weight excluding hydrogens is 276 g/mol. The molecule has 0 unspecified atom stereocenters. The Morgan fingerprint density at radius 1 is 1.00 bits per heavy atom. The normalized spacial score (nSPS) is 11.5. The molecule has 0 aliphatic carbocycles. The molecule has 0 aliphatic heterocycles. The lowest BCUT2D eigenvalue weighted by Crippen LogP contribution is -2.01. The fourth-order valence-corrected chi connectivity index (χ4v) is 2.01. The van der Waals surface area contributed by atoms with E-state index in [0.29, 0.717) is 5.92 Å². The van der Waals surface area contributed by atoms with Gasteiger partial charge in [0.1, 0.15) is 0 Å². The number of hydrazone groups is 1. The number of aromatic carboxylic acids is 1. The summed E-state index contributed by atoms with van der Waals surface area (Å²) >= 11 is 0. The predicted molar refractivity (Wildman–Crippen MR) is 89.8 cm³/mol. The quantitative estimate of drug-likeness (QED) is 0.637. The molecule has 2 aromatic rings. The van der Waals surface area contributed by atoms with Crippen LogP contribution in [0.15, 0.2) is 53.6 Å². The van der Waals surface area contributed by atoms with Crippen LogP contribution in [-0.4, -0.2) is 16.8 Å². The van der Waals surface area contributed by atoms with Crippen molar-refractivity contribution in [3.63, 3.8) is 0 Å². The second-order valence-corrected chi connectivity index (χ2v) is 5.47. The van der Waals surface area contributed by atoms with Crippen LogP contribution in [-0.2, 0) is 0 Å². The molecule has 0 fully saturated rings. The van der Waals surface area contributed by atoms with Crippen LogP contribution >= 0.6 is 0 Å². The minimum absolute atomic E-state index is 0.260. The molecule has 0 saturated heterocycles. The largest absolute Gasteiger partial charge is 0.478 e. The highest BCUT2D eigenvalue weighted by molar-refractivity contribution is 5.99. The van der Waals surface area contributed by atoms with Crippen molar-refractivity contribution >= 4 is 17.4 Å². The summed E-state index contributed by atoms with van der Waals surface area (Å²) in [6, 6.07) is 14.8. The van der Waals surface area contributed by atoms with Crippen LogP contribution in [0.4, 0.5) is 5.69 Å². The van der Waals surface area contributed by atoms with Crippen LogP contribution in [0.3, 0.4) is 0 Å². The molecule has 0 spiro atoms. The number of carbonyl (C=O) groups is 1. The van der Waals surface area contributed by atoms with E-state index < -0.39 is 5.97 Å². The summed E-state index contributed by atoms with van der Waals surface area (Å²) < 4.78 is 0. The zero-order valence-corrected chi connectivity index (χ0v) is 13.0. The number of rotatable bonds is 5. The summed E-state index contributed by atoms with van der Waals surface area (Å²) in [4.78, 5) is 10.8. The first-order valence-corrected chi connectivity index (χ1v) is 7.21. The monoisotopic (exact) mass is 296 g/mol. The number of benzene rings is 2. The van der Waals surface area contributed by atoms with Gasteiger partial charge in [0.2, 0.25) is 0 Å². The van der Waals surface area contributed by atoms with Crippen LogP contribution in [0.25, 0.3) is 0 Å². The molecule has 0 bridgehead atoms. The van der Waals surface area contributed by atoms with Crippen LogP contribution in [0.2, 0.25) is 0 Å². The molecule has 2 aromatic carbocycles. The van der Waals surface area contributed by atoms with E-state index in [1.54, 1.807) is 24.3 Å². The number of nitrogens with one attached hydrogen (secondary N) is 1. The molecule has 0 saturated carbocycles. The Kier molecular flexibility index (Phi) is 4.94. The Hall–Kier alpha value is -2.62. The van der Waals surface area contributed by atoms with E-state index in [9.17, 15) is 4.79 Å². The molecule has 0 aromatic heterocycles. The van der Waals surface area contributed by atoms with E-state index in [1.165, 1.54) is 5.56 Å². The average molecular weight is 296 g/mol. The summed E-state index contributed by atoms with van der Waals surface area (Å²) in [5.41, 5.74) is 7.18. The van der Waals surface area contributed by atoms with Crippen molar-refractivity contribution in [1.29, 1.82) is 0 Å². The second kappa shape index (κ2) is 6.89. The third kappa shape index (κ3) is 3.95. The third-order valence-corrected chi connectivity index (χ3v) is 3.48. The van der Waals surface area contributed by atoms with E-state index in [1.807, 2.05) is 6.92 Å². The van der Waals surface area contributed by atoms with Crippen molar-refractivity contribution in [1.82, 2.24) is 0 Å². The standard InChI is InChI=1S/C18H20N2O2/c1-12(2)14-4-6-15(7-5-14)13(3)19-20-17-10-8-16(9-11-17)18(21)22/h4-12,20H,1-3H3,(H,21,22)/b19-13+. The second-order valence-electron chi connectivity index (χ2n) is 5.47. The maximum absolute atomic E-state index is 10.8. The fourth-order valence-electron chi connectivity index (χ4n) is 2.01. The van der Waals surface area contributed by atoms with Gasteiger partial charge in [-0.3, -0.25) is 5.43 Å². The van der Waals surface area contributed by atoms with Gasteiger partial charge in [-0.25, -0.2) is 4.79 Å². The highest BCUT2D eigenvalue weighted by Crippen LogP contribution is 2.15. The minimum Gasteiger partial charge on any atom is -0.478 e. The van der Waals surface area contributed by atoms with Crippen molar-refractivity contribution in [3.05, 3.63) is 65.2 Å². The molecule has 0 atom stereocenters.